The molecule has 6 nitrogen and oxygen atoms in total. The third-order valence-corrected chi connectivity index (χ3v) is 5.76. The number of aromatic nitrogens is 1. The second kappa shape index (κ2) is 8.07. The first-order chi connectivity index (χ1) is 13.1. The van der Waals surface area contributed by atoms with Crippen molar-refractivity contribution in [1.82, 2.24) is 4.98 Å². The van der Waals surface area contributed by atoms with Crippen LogP contribution in [0.25, 0.3) is 0 Å². The average molecular weight is 392 g/mol. The highest BCUT2D eigenvalue weighted by Gasteiger charge is 2.38. The molecule has 1 unspecified atom stereocenters. The van der Waals surface area contributed by atoms with Crippen LogP contribution in [0.2, 0.25) is 0 Å². The van der Waals surface area contributed by atoms with E-state index in [-0.39, 0.29) is 11.2 Å². The van der Waals surface area contributed by atoms with Crippen molar-refractivity contribution in [2.75, 3.05) is 43.2 Å². The molecule has 28 heavy (non-hydrogen) atoms. The summed E-state index contributed by atoms with van der Waals surface area (Å²) in [6.07, 6.45) is 2.25. The fraction of sp³-hybridized carbons (Fsp3) is 0.773. The maximum absolute atomic E-state index is 6.19. The van der Waals surface area contributed by atoms with Gasteiger partial charge in [0.15, 0.2) is 0 Å². The van der Waals surface area contributed by atoms with Crippen LogP contribution >= 0.6 is 0 Å². The van der Waals surface area contributed by atoms with Gasteiger partial charge in [0.05, 0.1) is 24.9 Å². The minimum atomic E-state index is -0.296. The summed E-state index contributed by atoms with van der Waals surface area (Å²) in [7, 11) is 1.80. The van der Waals surface area contributed by atoms with Crippen LogP contribution in [-0.4, -0.2) is 61.7 Å². The quantitative estimate of drug-likeness (QED) is 0.759. The topological polar surface area (TPSA) is 47.1 Å². The Labute approximate surface area is 170 Å². The molecule has 0 radical (unpaired) electrons. The van der Waals surface area contributed by atoms with Crippen molar-refractivity contribution in [3.8, 4) is 5.88 Å². The number of hydrogen-bond donors (Lipinski definition) is 0. The first-order valence-electron chi connectivity index (χ1n) is 10.5. The van der Waals surface area contributed by atoms with Gasteiger partial charge in [0, 0.05) is 44.1 Å². The lowest BCUT2D eigenvalue weighted by atomic mass is 9.96. The molecule has 158 valence electrons. The van der Waals surface area contributed by atoms with Gasteiger partial charge in [-0.05, 0) is 54.4 Å². The van der Waals surface area contributed by atoms with Gasteiger partial charge in [-0.3, -0.25) is 0 Å². The largest absolute Gasteiger partial charge is 0.472 e. The fourth-order valence-electron chi connectivity index (χ4n) is 4.17. The molecule has 2 aliphatic rings. The molecule has 2 fully saturated rings. The van der Waals surface area contributed by atoms with E-state index in [1.807, 2.05) is 0 Å². The van der Waals surface area contributed by atoms with Crippen LogP contribution < -0.4 is 14.5 Å². The minimum Gasteiger partial charge on any atom is -0.472 e. The molecule has 0 saturated carbocycles. The number of pyridine rings is 1. The van der Waals surface area contributed by atoms with Gasteiger partial charge in [-0.15, -0.1) is 0 Å². The van der Waals surface area contributed by atoms with Gasteiger partial charge in [0.1, 0.15) is 11.4 Å². The number of morpholine rings is 1. The minimum absolute atomic E-state index is 0.231. The van der Waals surface area contributed by atoms with Crippen molar-refractivity contribution in [2.24, 2.45) is 0 Å². The predicted molar refractivity (Wildman–Crippen MR) is 114 cm³/mol. The van der Waals surface area contributed by atoms with E-state index in [2.05, 4.69) is 63.5 Å². The lowest BCUT2D eigenvalue weighted by Gasteiger charge is -2.39. The Morgan fingerprint density at radius 3 is 2.50 bits per heavy atom. The fourth-order valence-corrected chi connectivity index (χ4v) is 4.17. The van der Waals surface area contributed by atoms with Crippen LogP contribution in [0.1, 0.15) is 54.4 Å². The van der Waals surface area contributed by atoms with E-state index < -0.39 is 0 Å². The zero-order chi connectivity index (χ0) is 20.5. The molecule has 2 saturated heterocycles. The molecule has 1 aromatic rings. The standard InChI is InChI=1S/C22H37N3O3/c1-16-15-27-12-11-24(16)17-13-19(23-20(14-17)28-21(2,3)4)25-10-8-9-18(25)22(5,6)26-7/h13-14,16,18H,8-12,15H2,1-7H3/t16-,18?/m1/s1. The summed E-state index contributed by atoms with van der Waals surface area (Å²) < 4.78 is 17.6. The Bertz CT molecular complexity index is 671. The predicted octanol–water partition coefficient (Wildman–Crippen LogP) is 3.88. The van der Waals surface area contributed by atoms with Crippen LogP contribution in [0.15, 0.2) is 12.1 Å². The molecule has 6 heteroatoms. The molecule has 0 amide bonds. The third-order valence-electron chi connectivity index (χ3n) is 5.76. The molecular weight excluding hydrogens is 354 g/mol. The van der Waals surface area contributed by atoms with E-state index in [0.717, 1.165) is 50.7 Å². The molecule has 0 N–H and O–H groups in total. The first kappa shape index (κ1) is 21.2. The number of methoxy groups -OCH3 is 1. The highest BCUT2D eigenvalue weighted by molar-refractivity contribution is 5.60. The van der Waals surface area contributed by atoms with Gasteiger partial charge in [-0.2, -0.15) is 4.98 Å². The average Bonchev–Trinajstić information content (AvgIpc) is 3.11. The maximum atomic E-state index is 6.19. The molecule has 0 aromatic carbocycles. The van der Waals surface area contributed by atoms with Crippen molar-refractivity contribution >= 4 is 11.5 Å². The third kappa shape index (κ3) is 4.71. The van der Waals surface area contributed by atoms with Gasteiger partial charge in [-0.1, -0.05) is 0 Å². The molecule has 0 spiro atoms. The number of hydrogen-bond acceptors (Lipinski definition) is 6. The Kier molecular flexibility index (Phi) is 6.11. The highest BCUT2D eigenvalue weighted by Crippen LogP contribution is 2.36. The van der Waals surface area contributed by atoms with Gasteiger partial charge in [0.25, 0.3) is 0 Å². The van der Waals surface area contributed by atoms with Gasteiger partial charge < -0.3 is 24.0 Å². The summed E-state index contributed by atoms with van der Waals surface area (Å²) in [6.45, 7) is 16.1. The second-order valence-electron chi connectivity index (χ2n) is 9.51. The molecule has 0 bridgehead atoms. The Hall–Kier alpha value is -1.53. The summed E-state index contributed by atoms with van der Waals surface area (Å²) in [6, 6.07) is 4.91. The van der Waals surface area contributed by atoms with Crippen LogP contribution in [0, 0.1) is 0 Å². The van der Waals surface area contributed by atoms with E-state index in [9.17, 15) is 0 Å². The smallest absolute Gasteiger partial charge is 0.217 e. The van der Waals surface area contributed by atoms with Crippen molar-refractivity contribution < 1.29 is 14.2 Å². The second-order valence-corrected chi connectivity index (χ2v) is 9.51. The van der Waals surface area contributed by atoms with E-state index in [4.69, 9.17) is 19.2 Å². The molecule has 0 aliphatic carbocycles. The molecular formula is C22H37N3O3. The molecule has 3 rings (SSSR count). The zero-order valence-corrected chi connectivity index (χ0v) is 18.6. The molecule has 2 atom stereocenters. The number of rotatable bonds is 5. The van der Waals surface area contributed by atoms with E-state index in [0.29, 0.717) is 18.0 Å². The van der Waals surface area contributed by atoms with Gasteiger partial charge in [0.2, 0.25) is 5.88 Å². The van der Waals surface area contributed by atoms with Crippen molar-refractivity contribution in [3.63, 3.8) is 0 Å². The number of nitrogens with zero attached hydrogens (tertiary/aromatic N) is 3. The first-order valence-corrected chi connectivity index (χ1v) is 10.5. The lowest BCUT2D eigenvalue weighted by Crippen LogP contribution is -2.47. The van der Waals surface area contributed by atoms with Crippen LogP contribution in [-0.2, 0) is 9.47 Å². The van der Waals surface area contributed by atoms with Crippen molar-refractivity contribution in [3.05, 3.63) is 12.1 Å². The van der Waals surface area contributed by atoms with Crippen LogP contribution in [0.5, 0.6) is 5.88 Å². The Morgan fingerprint density at radius 1 is 1.11 bits per heavy atom. The van der Waals surface area contributed by atoms with Gasteiger partial charge in [-0.25, -0.2) is 0 Å². The lowest BCUT2D eigenvalue weighted by molar-refractivity contribution is 0.00173. The summed E-state index contributed by atoms with van der Waals surface area (Å²) in [5, 5.41) is 0. The molecule has 3 heterocycles. The van der Waals surface area contributed by atoms with E-state index >= 15 is 0 Å². The SMILES string of the molecule is COC(C)(C)C1CCCN1c1cc(N2CCOC[C@H]2C)cc(OC(C)(C)C)n1. The molecule has 2 aliphatic heterocycles. The van der Waals surface area contributed by atoms with E-state index in [1.54, 1.807) is 7.11 Å². The maximum Gasteiger partial charge on any atom is 0.217 e. The number of ether oxygens (including phenoxy) is 3. The zero-order valence-electron chi connectivity index (χ0n) is 18.6. The summed E-state index contributed by atoms with van der Waals surface area (Å²) in [5.74, 6) is 1.66. The molecule has 1 aromatic heterocycles. The normalized spacial score (nSPS) is 24.0. The summed E-state index contributed by atoms with van der Waals surface area (Å²) >= 11 is 0. The van der Waals surface area contributed by atoms with Crippen LogP contribution in [0.3, 0.4) is 0 Å². The van der Waals surface area contributed by atoms with Crippen LogP contribution in [0.4, 0.5) is 11.5 Å². The number of anilines is 2. The van der Waals surface area contributed by atoms with Gasteiger partial charge >= 0.3 is 0 Å². The summed E-state index contributed by atoms with van der Waals surface area (Å²) in [4.78, 5) is 9.70. The Balaban J connectivity index is 1.99. The Morgan fingerprint density at radius 2 is 1.86 bits per heavy atom. The van der Waals surface area contributed by atoms with Crippen molar-refractivity contribution in [1.29, 1.82) is 0 Å². The monoisotopic (exact) mass is 391 g/mol. The highest BCUT2D eigenvalue weighted by atomic mass is 16.5. The van der Waals surface area contributed by atoms with E-state index in [1.165, 1.54) is 0 Å². The van der Waals surface area contributed by atoms with Crippen molar-refractivity contribution in [2.45, 2.75) is 77.7 Å². The summed E-state index contributed by atoms with van der Waals surface area (Å²) in [5.41, 5.74) is 0.627.